The monoisotopic (exact) mass is 343 g/mol. The van der Waals surface area contributed by atoms with Crippen molar-refractivity contribution in [2.75, 3.05) is 26.8 Å². The number of aryl methyl sites for hydroxylation is 1. The van der Waals surface area contributed by atoms with E-state index in [4.69, 9.17) is 9.47 Å². The third-order valence-corrected chi connectivity index (χ3v) is 4.23. The van der Waals surface area contributed by atoms with Crippen LogP contribution in [0, 0.1) is 0 Å². The summed E-state index contributed by atoms with van der Waals surface area (Å²) in [6.07, 6.45) is 1.66. The van der Waals surface area contributed by atoms with Gasteiger partial charge in [0, 0.05) is 39.0 Å². The topological polar surface area (TPSA) is 56.6 Å². The number of methoxy groups -OCH3 is 1. The summed E-state index contributed by atoms with van der Waals surface area (Å²) in [5.74, 6) is -0.0237. The minimum atomic E-state index is -0.410. The molecule has 1 aliphatic heterocycles. The first-order valence-corrected chi connectivity index (χ1v) is 8.45. The Bertz CT molecular complexity index is 740. The minimum absolute atomic E-state index is 0.0237. The van der Waals surface area contributed by atoms with Crippen molar-refractivity contribution >= 4 is 5.91 Å². The maximum absolute atomic E-state index is 13.2. The number of benzene rings is 1. The normalized spacial score (nSPS) is 19.8. The van der Waals surface area contributed by atoms with E-state index in [0.717, 1.165) is 5.56 Å². The molecule has 0 aliphatic carbocycles. The highest BCUT2D eigenvalue weighted by Gasteiger charge is 2.37. The summed E-state index contributed by atoms with van der Waals surface area (Å²) in [5.41, 5.74) is 1.85. The molecule has 2 heterocycles. The number of morpholine rings is 1. The molecule has 134 valence electrons. The largest absolute Gasteiger partial charge is 0.382 e. The molecule has 1 amide bonds. The molecule has 0 spiro atoms. The van der Waals surface area contributed by atoms with Gasteiger partial charge in [-0.1, -0.05) is 30.3 Å². The Hall–Kier alpha value is -2.18. The van der Waals surface area contributed by atoms with Gasteiger partial charge in [0.15, 0.2) is 0 Å². The Morgan fingerprint density at radius 1 is 1.36 bits per heavy atom. The van der Waals surface area contributed by atoms with Crippen LogP contribution in [0.2, 0.25) is 0 Å². The average molecular weight is 343 g/mol. The second-order valence-electron chi connectivity index (χ2n) is 7.07. The zero-order chi connectivity index (χ0) is 18.0. The highest BCUT2D eigenvalue weighted by atomic mass is 16.5. The van der Waals surface area contributed by atoms with Crippen molar-refractivity contribution in [3.63, 3.8) is 0 Å². The van der Waals surface area contributed by atoms with Gasteiger partial charge < -0.3 is 14.4 Å². The van der Waals surface area contributed by atoms with Crippen molar-refractivity contribution in [1.29, 1.82) is 0 Å². The summed E-state index contributed by atoms with van der Waals surface area (Å²) in [4.78, 5) is 15.1. The Labute approximate surface area is 148 Å². The summed E-state index contributed by atoms with van der Waals surface area (Å²) in [6, 6.07) is 9.79. The maximum atomic E-state index is 13.2. The van der Waals surface area contributed by atoms with Gasteiger partial charge >= 0.3 is 0 Å². The Morgan fingerprint density at radius 3 is 2.76 bits per heavy atom. The molecular weight excluding hydrogens is 318 g/mol. The number of hydrogen-bond donors (Lipinski definition) is 0. The molecule has 0 saturated carbocycles. The van der Waals surface area contributed by atoms with Gasteiger partial charge in [-0.25, -0.2) is 0 Å². The Kier molecular flexibility index (Phi) is 4.92. The molecule has 1 unspecified atom stereocenters. The summed E-state index contributed by atoms with van der Waals surface area (Å²) in [5, 5.41) is 4.50. The number of nitrogens with zero attached hydrogens (tertiary/aromatic N) is 3. The van der Waals surface area contributed by atoms with Crippen molar-refractivity contribution in [3.8, 4) is 11.3 Å². The molecule has 1 fully saturated rings. The lowest BCUT2D eigenvalue weighted by Gasteiger charge is -2.42. The van der Waals surface area contributed by atoms with E-state index in [9.17, 15) is 4.79 Å². The molecule has 1 aromatic carbocycles. The summed E-state index contributed by atoms with van der Waals surface area (Å²) < 4.78 is 12.9. The number of aromatic nitrogens is 2. The maximum Gasteiger partial charge on any atom is 0.257 e. The molecule has 1 aromatic heterocycles. The molecule has 2 aromatic rings. The quantitative estimate of drug-likeness (QED) is 0.855. The zero-order valence-corrected chi connectivity index (χ0v) is 15.2. The molecule has 0 bridgehead atoms. The molecule has 1 aliphatic rings. The van der Waals surface area contributed by atoms with Gasteiger partial charge in [0.25, 0.3) is 5.91 Å². The Morgan fingerprint density at radius 2 is 2.08 bits per heavy atom. The molecule has 0 N–H and O–H groups in total. The first-order valence-electron chi connectivity index (χ1n) is 8.45. The molecule has 6 heteroatoms. The standard InChI is InChI=1S/C19H25N3O3/c1-19(2)13-22(10-15(25-19)12-24-4)18(23)16-11-21(3)20-17(16)14-8-6-5-7-9-14/h5-9,11,15H,10,12-13H2,1-4H3. The summed E-state index contributed by atoms with van der Waals surface area (Å²) >= 11 is 0. The van der Waals surface area contributed by atoms with Gasteiger partial charge in [-0.15, -0.1) is 0 Å². The van der Waals surface area contributed by atoms with Crippen molar-refractivity contribution in [3.05, 3.63) is 42.1 Å². The van der Waals surface area contributed by atoms with Gasteiger partial charge in [0.05, 0.1) is 23.9 Å². The molecule has 1 atom stereocenters. The van der Waals surface area contributed by atoms with Crippen molar-refractivity contribution < 1.29 is 14.3 Å². The van der Waals surface area contributed by atoms with Gasteiger partial charge in [-0.05, 0) is 13.8 Å². The number of hydrogen-bond acceptors (Lipinski definition) is 4. The molecule has 6 nitrogen and oxygen atoms in total. The van der Waals surface area contributed by atoms with E-state index >= 15 is 0 Å². The highest BCUT2D eigenvalue weighted by Crippen LogP contribution is 2.27. The number of ether oxygens (including phenoxy) is 2. The van der Waals surface area contributed by atoms with Crippen LogP contribution >= 0.6 is 0 Å². The predicted octanol–water partition coefficient (Wildman–Crippen LogP) is 2.35. The molecule has 3 rings (SSSR count). The van der Waals surface area contributed by atoms with Crippen LogP contribution < -0.4 is 0 Å². The van der Waals surface area contributed by atoms with Crippen LogP contribution in [0.5, 0.6) is 0 Å². The Balaban J connectivity index is 1.90. The number of carbonyl (C=O) groups is 1. The smallest absolute Gasteiger partial charge is 0.257 e. The lowest BCUT2D eigenvalue weighted by atomic mass is 10.0. The van der Waals surface area contributed by atoms with Crippen LogP contribution in [0.25, 0.3) is 11.3 Å². The van der Waals surface area contributed by atoms with E-state index in [1.165, 1.54) is 0 Å². The first kappa shape index (κ1) is 17.6. The van der Waals surface area contributed by atoms with E-state index in [0.29, 0.717) is 31.0 Å². The van der Waals surface area contributed by atoms with E-state index in [1.54, 1.807) is 18.0 Å². The van der Waals surface area contributed by atoms with Gasteiger partial charge in [0.2, 0.25) is 0 Å². The third-order valence-electron chi connectivity index (χ3n) is 4.23. The zero-order valence-electron chi connectivity index (χ0n) is 15.2. The van der Waals surface area contributed by atoms with Crippen LogP contribution in [-0.4, -0.2) is 59.1 Å². The van der Waals surface area contributed by atoms with Crippen LogP contribution in [-0.2, 0) is 16.5 Å². The SMILES string of the molecule is COCC1CN(C(=O)c2cn(C)nc2-c2ccccc2)CC(C)(C)O1. The van der Waals surface area contributed by atoms with Crippen LogP contribution in [0.1, 0.15) is 24.2 Å². The fourth-order valence-electron chi connectivity index (χ4n) is 3.35. The van der Waals surface area contributed by atoms with Crippen molar-refractivity contribution in [2.24, 2.45) is 7.05 Å². The van der Waals surface area contributed by atoms with E-state index in [2.05, 4.69) is 5.10 Å². The second-order valence-corrected chi connectivity index (χ2v) is 7.07. The van der Waals surface area contributed by atoms with E-state index in [-0.39, 0.29) is 12.0 Å². The first-order chi connectivity index (χ1) is 11.9. The van der Waals surface area contributed by atoms with Crippen molar-refractivity contribution in [2.45, 2.75) is 25.6 Å². The fraction of sp³-hybridized carbons (Fsp3) is 0.474. The van der Waals surface area contributed by atoms with Gasteiger partial charge in [0.1, 0.15) is 5.69 Å². The second kappa shape index (κ2) is 6.98. The van der Waals surface area contributed by atoms with Crippen LogP contribution in [0.3, 0.4) is 0 Å². The van der Waals surface area contributed by atoms with Gasteiger partial charge in [-0.3, -0.25) is 9.48 Å². The average Bonchev–Trinajstić information content (AvgIpc) is 2.95. The van der Waals surface area contributed by atoms with Crippen molar-refractivity contribution in [1.82, 2.24) is 14.7 Å². The number of amides is 1. The summed E-state index contributed by atoms with van der Waals surface area (Å²) in [6.45, 7) is 5.51. The highest BCUT2D eigenvalue weighted by molar-refractivity contribution is 5.99. The molecule has 1 saturated heterocycles. The van der Waals surface area contributed by atoms with E-state index < -0.39 is 5.60 Å². The third kappa shape index (κ3) is 3.91. The molecule has 0 radical (unpaired) electrons. The molecule has 25 heavy (non-hydrogen) atoms. The van der Waals surface area contributed by atoms with Crippen LogP contribution in [0.4, 0.5) is 0 Å². The number of rotatable bonds is 4. The lowest BCUT2D eigenvalue weighted by molar-refractivity contribution is -0.143. The van der Waals surface area contributed by atoms with E-state index in [1.807, 2.05) is 56.1 Å². The predicted molar refractivity (Wildman–Crippen MR) is 95.4 cm³/mol. The lowest BCUT2D eigenvalue weighted by Crippen LogP contribution is -2.55. The fourth-order valence-corrected chi connectivity index (χ4v) is 3.35. The molecular formula is C19H25N3O3. The van der Waals surface area contributed by atoms with Crippen LogP contribution in [0.15, 0.2) is 36.5 Å². The number of carbonyl (C=O) groups excluding carboxylic acids is 1. The minimum Gasteiger partial charge on any atom is -0.382 e. The summed E-state index contributed by atoms with van der Waals surface area (Å²) in [7, 11) is 3.48. The van der Waals surface area contributed by atoms with Gasteiger partial charge in [-0.2, -0.15) is 5.10 Å².